The van der Waals surface area contributed by atoms with Crippen LogP contribution in [0.5, 0.6) is 0 Å². The number of halogens is 1. The first-order valence-electron chi connectivity index (χ1n) is 5.80. The molecule has 0 saturated carbocycles. The maximum atomic E-state index is 12.1. The number of Topliss-reactive ketones (excluding diaryl/α,β-unsaturated/α-hetero) is 1. The lowest BCUT2D eigenvalue weighted by Gasteiger charge is -2.03. The maximum absolute atomic E-state index is 12.1. The van der Waals surface area contributed by atoms with Gasteiger partial charge < -0.3 is 0 Å². The average Bonchev–Trinajstić information content (AvgIpc) is 2.40. The van der Waals surface area contributed by atoms with E-state index in [2.05, 4.69) is 15.9 Å². The highest BCUT2D eigenvalue weighted by molar-refractivity contribution is 9.10. The molecule has 0 radical (unpaired) electrons. The molecule has 2 nitrogen and oxygen atoms in total. The third kappa shape index (κ3) is 3.85. The normalized spacial score (nSPS) is 12.1. The van der Waals surface area contributed by atoms with Gasteiger partial charge >= 0.3 is 0 Å². The Morgan fingerprint density at radius 1 is 1.05 bits per heavy atom. The van der Waals surface area contributed by atoms with Gasteiger partial charge in [0.05, 0.1) is 16.6 Å². The van der Waals surface area contributed by atoms with Crippen molar-refractivity contribution in [2.75, 3.05) is 5.75 Å². The van der Waals surface area contributed by atoms with E-state index in [0.29, 0.717) is 10.5 Å². The summed E-state index contributed by atoms with van der Waals surface area (Å²) in [7, 11) is -1.29. The van der Waals surface area contributed by atoms with E-state index in [-0.39, 0.29) is 11.5 Å². The Labute approximate surface area is 123 Å². The van der Waals surface area contributed by atoms with E-state index in [1.54, 1.807) is 24.3 Å². The van der Waals surface area contributed by atoms with E-state index in [9.17, 15) is 9.00 Å². The molecule has 2 rings (SSSR count). The molecule has 2 aromatic carbocycles. The zero-order chi connectivity index (χ0) is 13.8. The molecule has 19 heavy (non-hydrogen) atoms. The van der Waals surface area contributed by atoms with Crippen molar-refractivity contribution in [1.29, 1.82) is 0 Å². The lowest BCUT2D eigenvalue weighted by molar-refractivity contribution is 0.102. The molecule has 1 atom stereocenters. The molecular weight excluding hydrogens is 324 g/mol. The maximum Gasteiger partial charge on any atom is 0.175 e. The highest BCUT2D eigenvalue weighted by atomic mass is 79.9. The summed E-state index contributed by atoms with van der Waals surface area (Å²) in [5.41, 5.74) is 1.70. The predicted molar refractivity (Wildman–Crippen MR) is 80.9 cm³/mol. The Balaban J connectivity index is 2.08. The topological polar surface area (TPSA) is 34.1 Å². The molecule has 0 spiro atoms. The van der Waals surface area contributed by atoms with E-state index in [4.69, 9.17) is 0 Å². The molecule has 0 amide bonds. The van der Waals surface area contributed by atoms with Crippen molar-refractivity contribution < 1.29 is 9.00 Å². The smallest absolute Gasteiger partial charge is 0.175 e. The third-order valence-electron chi connectivity index (χ3n) is 2.71. The highest BCUT2D eigenvalue weighted by Gasteiger charge is 2.12. The third-order valence-corrected chi connectivity index (χ3v) is 4.56. The van der Waals surface area contributed by atoms with E-state index < -0.39 is 10.8 Å². The van der Waals surface area contributed by atoms with Crippen LogP contribution in [0.15, 0.2) is 57.9 Å². The first-order chi connectivity index (χ1) is 9.06. The minimum atomic E-state index is -1.29. The van der Waals surface area contributed by atoms with Crippen LogP contribution in [-0.4, -0.2) is 15.7 Å². The van der Waals surface area contributed by atoms with Crippen LogP contribution in [0.25, 0.3) is 0 Å². The molecule has 4 heteroatoms. The van der Waals surface area contributed by atoms with Crippen molar-refractivity contribution in [3.8, 4) is 0 Å². The van der Waals surface area contributed by atoms with Gasteiger partial charge in [0.2, 0.25) is 0 Å². The lowest BCUT2D eigenvalue weighted by Crippen LogP contribution is -2.11. The summed E-state index contributed by atoms with van der Waals surface area (Å²) in [5, 5.41) is 0. The summed E-state index contributed by atoms with van der Waals surface area (Å²) in [5.74, 6) is -0.0866. The van der Waals surface area contributed by atoms with Crippen molar-refractivity contribution in [1.82, 2.24) is 0 Å². The van der Waals surface area contributed by atoms with E-state index in [1.807, 2.05) is 31.2 Å². The van der Waals surface area contributed by atoms with Crippen molar-refractivity contribution in [3.63, 3.8) is 0 Å². The Morgan fingerprint density at radius 2 is 1.63 bits per heavy atom. The largest absolute Gasteiger partial charge is 0.293 e. The molecule has 0 heterocycles. The van der Waals surface area contributed by atoms with Gasteiger partial charge in [-0.15, -0.1) is 0 Å². The number of aryl methyl sites for hydroxylation is 1. The molecule has 2 aromatic rings. The fraction of sp³-hybridized carbons (Fsp3) is 0.133. The number of hydrogen-bond acceptors (Lipinski definition) is 2. The molecule has 0 aromatic heterocycles. The van der Waals surface area contributed by atoms with Gasteiger partial charge in [0.15, 0.2) is 5.78 Å². The van der Waals surface area contributed by atoms with Crippen molar-refractivity contribution in [3.05, 3.63) is 64.1 Å². The molecule has 0 aliphatic carbocycles. The Bertz CT molecular complexity index is 548. The molecule has 98 valence electrons. The second-order valence-corrected chi connectivity index (χ2v) is 6.60. The van der Waals surface area contributed by atoms with Crippen LogP contribution in [0.1, 0.15) is 15.9 Å². The first-order valence-corrected chi connectivity index (χ1v) is 7.91. The van der Waals surface area contributed by atoms with Gasteiger partial charge in [-0.25, -0.2) is 0 Å². The van der Waals surface area contributed by atoms with Crippen LogP contribution >= 0.6 is 15.9 Å². The summed E-state index contributed by atoms with van der Waals surface area (Å²) in [6.07, 6.45) is 0. The van der Waals surface area contributed by atoms with E-state index in [0.717, 1.165) is 10.0 Å². The number of rotatable bonds is 4. The Hall–Kier alpha value is -1.26. The monoisotopic (exact) mass is 336 g/mol. The number of carbonyl (C=O) groups excluding carboxylic acids is 1. The SMILES string of the molecule is Cc1ccc(S(=O)CC(=O)c2ccc(Br)cc2)cc1. The van der Waals surface area contributed by atoms with Crippen LogP contribution < -0.4 is 0 Å². The van der Waals surface area contributed by atoms with Gasteiger partial charge in [-0.05, 0) is 31.2 Å². The van der Waals surface area contributed by atoms with Crippen molar-refractivity contribution in [2.45, 2.75) is 11.8 Å². The molecular formula is C15H13BrO2S. The van der Waals surface area contributed by atoms with Crippen molar-refractivity contribution in [2.24, 2.45) is 0 Å². The predicted octanol–water partition coefficient (Wildman–Crippen LogP) is 3.75. The summed E-state index contributed by atoms with van der Waals surface area (Å²) < 4.78 is 13.0. The van der Waals surface area contributed by atoms with Gasteiger partial charge in [0.1, 0.15) is 0 Å². The van der Waals surface area contributed by atoms with Gasteiger partial charge in [0.25, 0.3) is 0 Å². The van der Waals surface area contributed by atoms with Gasteiger partial charge in [-0.1, -0.05) is 45.8 Å². The summed E-state index contributed by atoms with van der Waals surface area (Å²) in [6.45, 7) is 1.97. The number of ketones is 1. The number of carbonyl (C=O) groups is 1. The molecule has 0 aliphatic rings. The first kappa shape index (κ1) is 14.2. The fourth-order valence-electron chi connectivity index (χ4n) is 1.61. The molecule has 0 saturated heterocycles. The minimum absolute atomic E-state index is 0.0185. The summed E-state index contributed by atoms with van der Waals surface area (Å²) in [4.78, 5) is 12.7. The van der Waals surface area contributed by atoms with E-state index in [1.165, 1.54) is 0 Å². The second-order valence-electron chi connectivity index (χ2n) is 4.23. The standard InChI is InChI=1S/C15H13BrO2S/c1-11-2-8-14(9-3-11)19(18)10-15(17)12-4-6-13(16)7-5-12/h2-9H,10H2,1H3. The quantitative estimate of drug-likeness (QED) is 0.797. The lowest BCUT2D eigenvalue weighted by atomic mass is 10.2. The van der Waals surface area contributed by atoms with E-state index >= 15 is 0 Å². The minimum Gasteiger partial charge on any atom is -0.293 e. The molecule has 0 aliphatic heterocycles. The Morgan fingerprint density at radius 3 is 2.21 bits per heavy atom. The van der Waals surface area contributed by atoms with Gasteiger partial charge in [-0.2, -0.15) is 0 Å². The van der Waals surface area contributed by atoms with Crippen LogP contribution in [0, 0.1) is 6.92 Å². The van der Waals surface area contributed by atoms with Crippen LogP contribution in [-0.2, 0) is 10.8 Å². The number of benzene rings is 2. The van der Waals surface area contributed by atoms with Gasteiger partial charge in [0, 0.05) is 14.9 Å². The van der Waals surface area contributed by atoms with Crippen molar-refractivity contribution >= 4 is 32.5 Å². The zero-order valence-electron chi connectivity index (χ0n) is 10.4. The molecule has 1 unspecified atom stereocenters. The second kappa shape index (κ2) is 6.26. The number of hydrogen-bond donors (Lipinski definition) is 0. The highest BCUT2D eigenvalue weighted by Crippen LogP contribution is 2.13. The summed E-state index contributed by atoms with van der Waals surface area (Å²) >= 11 is 3.32. The molecule has 0 bridgehead atoms. The fourth-order valence-corrected chi connectivity index (χ4v) is 2.89. The Kier molecular flexibility index (Phi) is 4.66. The molecule has 0 N–H and O–H groups in total. The van der Waals surface area contributed by atoms with Crippen LogP contribution in [0.3, 0.4) is 0 Å². The average molecular weight is 337 g/mol. The molecule has 0 fully saturated rings. The van der Waals surface area contributed by atoms with Gasteiger partial charge in [-0.3, -0.25) is 9.00 Å². The van der Waals surface area contributed by atoms with Crippen LogP contribution in [0.4, 0.5) is 0 Å². The zero-order valence-corrected chi connectivity index (χ0v) is 12.8. The summed E-state index contributed by atoms with van der Waals surface area (Å²) in [6, 6.07) is 14.5. The van der Waals surface area contributed by atoms with Crippen LogP contribution in [0.2, 0.25) is 0 Å².